The molecule has 0 aliphatic rings. The molecule has 0 radical (unpaired) electrons. The SMILES string of the molecule is CCCCCCC/C=C/CCCCCCCCC(=O)OCC(=O)COC(=O)CCCCCCC/C=C/CCCCCCCC. The minimum atomic E-state index is -0.373. The van der Waals surface area contributed by atoms with Crippen LogP contribution in [-0.4, -0.2) is 30.9 Å². The van der Waals surface area contributed by atoms with E-state index < -0.39 is 0 Å². The number of ether oxygens (including phenoxy) is 2. The Labute approximate surface area is 272 Å². The number of allylic oxidation sites excluding steroid dienone is 4. The summed E-state index contributed by atoms with van der Waals surface area (Å²) in [5, 5.41) is 0. The number of hydrogen-bond donors (Lipinski definition) is 0. The lowest BCUT2D eigenvalue weighted by Crippen LogP contribution is -2.20. The van der Waals surface area contributed by atoms with Gasteiger partial charge in [0.25, 0.3) is 0 Å². The molecule has 0 bridgehead atoms. The maximum absolute atomic E-state index is 11.9. The van der Waals surface area contributed by atoms with E-state index in [0.717, 1.165) is 44.9 Å². The van der Waals surface area contributed by atoms with Crippen molar-refractivity contribution in [2.45, 2.75) is 194 Å². The van der Waals surface area contributed by atoms with Crippen LogP contribution in [0.25, 0.3) is 0 Å². The topological polar surface area (TPSA) is 69.7 Å². The van der Waals surface area contributed by atoms with Crippen LogP contribution in [0.4, 0.5) is 0 Å². The van der Waals surface area contributed by atoms with Crippen LogP contribution in [-0.2, 0) is 23.9 Å². The third kappa shape index (κ3) is 34.6. The van der Waals surface area contributed by atoms with E-state index in [-0.39, 0.29) is 30.9 Å². The van der Waals surface area contributed by atoms with Gasteiger partial charge in [-0.2, -0.15) is 0 Å². The van der Waals surface area contributed by atoms with Crippen LogP contribution in [0.3, 0.4) is 0 Å². The van der Waals surface area contributed by atoms with E-state index in [0.29, 0.717) is 12.8 Å². The van der Waals surface area contributed by atoms with Gasteiger partial charge in [0, 0.05) is 12.8 Å². The maximum Gasteiger partial charge on any atom is 0.306 e. The Morgan fingerprint density at radius 1 is 0.386 bits per heavy atom. The molecule has 0 fully saturated rings. The fourth-order valence-corrected chi connectivity index (χ4v) is 5.19. The summed E-state index contributed by atoms with van der Waals surface area (Å²) in [5.74, 6) is -1.07. The van der Waals surface area contributed by atoms with Crippen molar-refractivity contribution in [2.24, 2.45) is 0 Å². The van der Waals surface area contributed by atoms with Crippen molar-refractivity contribution < 1.29 is 23.9 Å². The van der Waals surface area contributed by atoms with Gasteiger partial charge in [-0.25, -0.2) is 0 Å². The molecule has 0 spiro atoms. The molecule has 0 aromatic heterocycles. The molecule has 0 unspecified atom stereocenters. The second-order valence-corrected chi connectivity index (χ2v) is 12.5. The second kappa shape index (κ2) is 35.6. The summed E-state index contributed by atoms with van der Waals surface area (Å²) in [5.41, 5.74) is 0. The smallest absolute Gasteiger partial charge is 0.306 e. The quantitative estimate of drug-likeness (QED) is 0.0407. The zero-order valence-electron chi connectivity index (χ0n) is 29.1. The maximum atomic E-state index is 11.9. The molecule has 0 aliphatic carbocycles. The first-order valence-corrected chi connectivity index (χ1v) is 18.7. The van der Waals surface area contributed by atoms with Crippen LogP contribution in [0.15, 0.2) is 24.3 Å². The summed E-state index contributed by atoms with van der Waals surface area (Å²) < 4.78 is 10.1. The third-order valence-electron chi connectivity index (χ3n) is 8.07. The monoisotopic (exact) mass is 619 g/mol. The van der Waals surface area contributed by atoms with Crippen molar-refractivity contribution in [3.05, 3.63) is 24.3 Å². The normalized spacial score (nSPS) is 11.5. The van der Waals surface area contributed by atoms with Gasteiger partial charge in [0.2, 0.25) is 5.78 Å². The van der Waals surface area contributed by atoms with E-state index in [1.165, 1.54) is 122 Å². The Morgan fingerprint density at radius 3 is 0.977 bits per heavy atom. The van der Waals surface area contributed by atoms with Gasteiger partial charge in [-0.1, -0.05) is 141 Å². The molecule has 5 heteroatoms. The summed E-state index contributed by atoms with van der Waals surface area (Å²) >= 11 is 0. The number of rotatable bonds is 34. The van der Waals surface area contributed by atoms with Gasteiger partial charge in [-0.05, 0) is 64.2 Å². The van der Waals surface area contributed by atoms with Gasteiger partial charge in [-0.15, -0.1) is 0 Å². The van der Waals surface area contributed by atoms with Gasteiger partial charge in [0.1, 0.15) is 0 Å². The predicted molar refractivity (Wildman–Crippen MR) is 186 cm³/mol. The van der Waals surface area contributed by atoms with Crippen molar-refractivity contribution in [2.75, 3.05) is 13.2 Å². The van der Waals surface area contributed by atoms with Crippen molar-refractivity contribution in [1.29, 1.82) is 0 Å². The summed E-state index contributed by atoms with van der Waals surface area (Å²) in [6.07, 6.45) is 41.4. The van der Waals surface area contributed by atoms with Crippen molar-refractivity contribution >= 4 is 17.7 Å². The molecule has 0 aliphatic heterocycles. The van der Waals surface area contributed by atoms with Gasteiger partial charge >= 0.3 is 11.9 Å². The first kappa shape index (κ1) is 42.1. The lowest BCUT2D eigenvalue weighted by Gasteiger charge is -2.06. The molecular weight excluding hydrogens is 548 g/mol. The molecule has 0 aromatic carbocycles. The summed E-state index contributed by atoms with van der Waals surface area (Å²) in [6, 6.07) is 0. The van der Waals surface area contributed by atoms with Crippen molar-refractivity contribution in [1.82, 2.24) is 0 Å². The molecule has 0 rings (SSSR count). The Kier molecular flexibility index (Phi) is 34.0. The third-order valence-corrected chi connectivity index (χ3v) is 8.07. The molecule has 0 saturated carbocycles. The number of esters is 2. The molecule has 0 atom stereocenters. The highest BCUT2D eigenvalue weighted by Gasteiger charge is 2.11. The zero-order valence-corrected chi connectivity index (χ0v) is 29.1. The molecule has 0 N–H and O–H groups in total. The summed E-state index contributed by atoms with van der Waals surface area (Å²) in [7, 11) is 0. The van der Waals surface area contributed by atoms with E-state index in [4.69, 9.17) is 9.47 Å². The first-order chi connectivity index (χ1) is 21.6. The highest BCUT2D eigenvalue weighted by atomic mass is 16.6. The second-order valence-electron chi connectivity index (χ2n) is 12.5. The standard InChI is InChI=1S/C39H70O5/c1-3-5-7-9-11-13-15-17-19-21-23-25-27-29-31-33-38(41)43-35-37(40)36-44-39(42)34-32-30-28-26-24-22-20-18-16-14-12-10-8-6-4-2/h15,17-18,20H,3-14,16,19,21-36H2,1-2H3/b17-15+,20-18+. The van der Waals surface area contributed by atoms with E-state index >= 15 is 0 Å². The van der Waals surface area contributed by atoms with Gasteiger partial charge in [0.05, 0.1) is 0 Å². The van der Waals surface area contributed by atoms with Gasteiger partial charge in [-0.3, -0.25) is 14.4 Å². The predicted octanol–water partition coefficient (Wildman–Crippen LogP) is 11.7. The number of unbranched alkanes of at least 4 members (excludes halogenated alkanes) is 22. The van der Waals surface area contributed by atoms with Crippen LogP contribution >= 0.6 is 0 Å². The van der Waals surface area contributed by atoms with Crippen LogP contribution in [0.2, 0.25) is 0 Å². The van der Waals surface area contributed by atoms with Crippen LogP contribution in [0, 0.1) is 0 Å². The Morgan fingerprint density at radius 2 is 0.659 bits per heavy atom. The fraction of sp³-hybridized carbons (Fsp3) is 0.821. The van der Waals surface area contributed by atoms with Crippen LogP contribution in [0.1, 0.15) is 194 Å². The molecule has 0 saturated heterocycles. The highest BCUT2D eigenvalue weighted by Crippen LogP contribution is 2.12. The van der Waals surface area contributed by atoms with Crippen LogP contribution < -0.4 is 0 Å². The van der Waals surface area contributed by atoms with E-state index in [1.54, 1.807) is 0 Å². The molecule has 5 nitrogen and oxygen atoms in total. The molecular formula is C39H70O5. The van der Waals surface area contributed by atoms with Gasteiger partial charge < -0.3 is 9.47 Å². The van der Waals surface area contributed by atoms with E-state index in [9.17, 15) is 14.4 Å². The largest absolute Gasteiger partial charge is 0.458 e. The van der Waals surface area contributed by atoms with Crippen LogP contribution in [0.5, 0.6) is 0 Å². The molecule has 0 aromatic rings. The summed E-state index contributed by atoms with van der Waals surface area (Å²) in [4.78, 5) is 35.7. The number of carbonyl (C=O) groups is 3. The minimum absolute atomic E-state index is 0.314. The fourth-order valence-electron chi connectivity index (χ4n) is 5.19. The average molecular weight is 619 g/mol. The molecule has 256 valence electrons. The van der Waals surface area contributed by atoms with E-state index in [2.05, 4.69) is 38.2 Å². The lowest BCUT2D eigenvalue weighted by molar-refractivity contribution is -0.153. The number of ketones is 1. The zero-order chi connectivity index (χ0) is 32.2. The molecule has 0 heterocycles. The van der Waals surface area contributed by atoms with Crippen molar-refractivity contribution in [3.63, 3.8) is 0 Å². The Hall–Kier alpha value is -1.91. The number of hydrogen-bond acceptors (Lipinski definition) is 5. The van der Waals surface area contributed by atoms with Crippen molar-refractivity contribution in [3.8, 4) is 0 Å². The van der Waals surface area contributed by atoms with E-state index in [1.807, 2.05) is 0 Å². The lowest BCUT2D eigenvalue weighted by atomic mass is 10.1. The van der Waals surface area contributed by atoms with Gasteiger partial charge in [0.15, 0.2) is 13.2 Å². The Balaban J connectivity index is 3.45. The molecule has 44 heavy (non-hydrogen) atoms. The highest BCUT2D eigenvalue weighted by molar-refractivity contribution is 5.85. The minimum Gasteiger partial charge on any atom is -0.458 e. The number of Topliss-reactive ketones (excluding diaryl/α,β-unsaturated/α-hetero) is 1. The average Bonchev–Trinajstić information content (AvgIpc) is 3.02. The Bertz CT molecular complexity index is 711. The first-order valence-electron chi connectivity index (χ1n) is 18.7. The summed E-state index contributed by atoms with van der Waals surface area (Å²) in [6.45, 7) is 3.88. The number of carbonyl (C=O) groups excluding carboxylic acids is 3. The molecule has 0 amide bonds.